The quantitative estimate of drug-likeness (QED) is 0.678. The Morgan fingerprint density at radius 1 is 1.19 bits per heavy atom. The predicted octanol–water partition coefficient (Wildman–Crippen LogP) is 2.57. The number of likely N-dealkylation sites (N-methyl/N-ethyl adjacent to an activating group) is 1. The third kappa shape index (κ3) is 3.35. The van der Waals surface area contributed by atoms with Crippen LogP contribution in [-0.4, -0.2) is 42.7 Å². The van der Waals surface area contributed by atoms with Crippen LogP contribution in [-0.2, 0) is 21.5 Å². The molecule has 2 heterocycles. The molecule has 0 saturated heterocycles. The van der Waals surface area contributed by atoms with E-state index in [0.29, 0.717) is 31.2 Å². The van der Waals surface area contributed by atoms with Crippen LogP contribution >= 0.6 is 0 Å². The fourth-order valence-corrected chi connectivity index (χ4v) is 5.20. The molecule has 1 N–H and O–H groups in total. The van der Waals surface area contributed by atoms with Gasteiger partial charge in [0.25, 0.3) is 11.5 Å². The number of nitrogens with one attached hydrogen (secondary N) is 1. The van der Waals surface area contributed by atoms with Gasteiger partial charge in [0.1, 0.15) is 0 Å². The van der Waals surface area contributed by atoms with Gasteiger partial charge in [0.15, 0.2) is 0 Å². The number of hydrogen-bond donors (Lipinski definition) is 1. The number of carbonyl (C=O) groups excluding carboxylic acids is 2. The Morgan fingerprint density at radius 3 is 2.69 bits per heavy atom. The van der Waals surface area contributed by atoms with Crippen LogP contribution in [0.5, 0.6) is 0 Å². The summed E-state index contributed by atoms with van der Waals surface area (Å²) in [6.45, 7) is 3.35. The van der Waals surface area contributed by atoms with E-state index < -0.39 is 0 Å². The van der Waals surface area contributed by atoms with Crippen LogP contribution in [0.4, 0.5) is 5.69 Å². The number of aromatic nitrogens is 1. The van der Waals surface area contributed by atoms with Gasteiger partial charge in [-0.05, 0) is 55.7 Å². The van der Waals surface area contributed by atoms with Gasteiger partial charge in [0, 0.05) is 38.5 Å². The molecule has 0 unspecified atom stereocenters. The van der Waals surface area contributed by atoms with Crippen LogP contribution in [0.3, 0.4) is 0 Å². The molecule has 2 fully saturated rings. The Hall–Kier alpha value is -2.93. The molecular formula is C25H29N3O4. The minimum absolute atomic E-state index is 0.0875. The van der Waals surface area contributed by atoms with Crippen LogP contribution in [0.15, 0.2) is 41.3 Å². The second-order valence-electron chi connectivity index (χ2n) is 9.17. The average Bonchev–Trinajstić information content (AvgIpc) is 3.54. The molecule has 1 spiro atoms. The summed E-state index contributed by atoms with van der Waals surface area (Å²) < 4.78 is 6.83. The summed E-state index contributed by atoms with van der Waals surface area (Å²) in [7, 11) is 1.89. The zero-order valence-corrected chi connectivity index (χ0v) is 18.6. The molecular weight excluding hydrogens is 406 g/mol. The number of nitrogens with zero attached hydrogens (tertiary/aromatic N) is 2. The highest BCUT2D eigenvalue weighted by Gasteiger charge is 2.59. The van der Waals surface area contributed by atoms with Crippen molar-refractivity contribution in [3.05, 3.63) is 63.6 Å². The van der Waals surface area contributed by atoms with E-state index in [4.69, 9.17) is 4.74 Å². The minimum Gasteiger partial charge on any atom is -0.380 e. The summed E-state index contributed by atoms with van der Waals surface area (Å²) in [5, 5.41) is 3.10. The first-order valence-electron chi connectivity index (χ1n) is 11.5. The maximum atomic E-state index is 12.8. The van der Waals surface area contributed by atoms with Gasteiger partial charge in [0.2, 0.25) is 5.91 Å². The van der Waals surface area contributed by atoms with E-state index >= 15 is 0 Å². The minimum atomic E-state index is -0.261. The number of pyridine rings is 1. The molecule has 0 atom stereocenters. The smallest absolute Gasteiger partial charge is 0.252 e. The Labute approximate surface area is 187 Å². The number of anilines is 1. The standard InChI is InChI=1S/C25H29N3O4/c1-3-32-12-11-28-15-16(7-8-21(28)29)23(30)26-18-13-17(14-18)19-5-4-6-20-22(19)27(2)24(31)25(20)9-10-25/h4-8,15,17-18H,3,9-14H2,1-2H3,(H,26,30). The summed E-state index contributed by atoms with van der Waals surface area (Å²) in [5.41, 5.74) is 3.57. The van der Waals surface area contributed by atoms with E-state index in [-0.39, 0.29) is 28.8 Å². The van der Waals surface area contributed by atoms with E-state index in [9.17, 15) is 14.4 Å². The van der Waals surface area contributed by atoms with E-state index in [0.717, 1.165) is 31.4 Å². The molecule has 168 valence electrons. The predicted molar refractivity (Wildman–Crippen MR) is 121 cm³/mol. The van der Waals surface area contributed by atoms with E-state index in [1.807, 2.05) is 18.9 Å². The van der Waals surface area contributed by atoms with Gasteiger partial charge in [-0.1, -0.05) is 18.2 Å². The molecule has 2 aliphatic carbocycles. The number of benzene rings is 1. The van der Waals surface area contributed by atoms with Crippen molar-refractivity contribution in [1.29, 1.82) is 0 Å². The van der Waals surface area contributed by atoms with Gasteiger partial charge < -0.3 is 19.5 Å². The van der Waals surface area contributed by atoms with Crippen molar-refractivity contribution in [2.24, 2.45) is 0 Å². The molecule has 7 nitrogen and oxygen atoms in total. The second kappa shape index (κ2) is 7.89. The molecule has 1 aliphatic heterocycles. The lowest BCUT2D eigenvalue weighted by molar-refractivity contribution is -0.119. The summed E-state index contributed by atoms with van der Waals surface area (Å²) >= 11 is 0. The molecule has 0 bridgehead atoms. The largest absolute Gasteiger partial charge is 0.380 e. The SMILES string of the molecule is CCOCCn1cc(C(=O)NC2CC(c3cccc4c3N(C)C(=O)C43CC3)C2)ccc1=O. The van der Waals surface area contributed by atoms with Crippen molar-refractivity contribution in [2.75, 3.05) is 25.2 Å². The topological polar surface area (TPSA) is 80.6 Å². The third-order valence-electron chi connectivity index (χ3n) is 7.22. The Morgan fingerprint density at radius 2 is 1.97 bits per heavy atom. The zero-order valence-electron chi connectivity index (χ0n) is 18.6. The van der Waals surface area contributed by atoms with Crippen LogP contribution in [0.25, 0.3) is 0 Å². The number of fused-ring (bicyclic) bond motifs is 2. The van der Waals surface area contributed by atoms with Crippen molar-refractivity contribution < 1.29 is 14.3 Å². The fraction of sp³-hybridized carbons (Fsp3) is 0.480. The summed E-state index contributed by atoms with van der Waals surface area (Å²) in [6.07, 6.45) is 5.19. The highest BCUT2D eigenvalue weighted by atomic mass is 16.5. The summed E-state index contributed by atoms with van der Waals surface area (Å²) in [6, 6.07) is 9.39. The molecule has 2 amide bonds. The number of ether oxygens (including phenoxy) is 1. The fourth-order valence-electron chi connectivity index (χ4n) is 5.20. The third-order valence-corrected chi connectivity index (χ3v) is 7.22. The first kappa shape index (κ1) is 20.9. The number of para-hydroxylation sites is 1. The molecule has 2 saturated carbocycles. The Bertz CT molecular complexity index is 1130. The number of amides is 2. The van der Waals surface area contributed by atoms with Crippen molar-refractivity contribution >= 4 is 17.5 Å². The van der Waals surface area contributed by atoms with Crippen molar-refractivity contribution in [2.45, 2.75) is 56.5 Å². The van der Waals surface area contributed by atoms with Gasteiger partial charge in [-0.2, -0.15) is 0 Å². The van der Waals surface area contributed by atoms with Crippen molar-refractivity contribution in [3.8, 4) is 0 Å². The van der Waals surface area contributed by atoms with Crippen molar-refractivity contribution in [1.82, 2.24) is 9.88 Å². The van der Waals surface area contributed by atoms with Gasteiger partial charge >= 0.3 is 0 Å². The zero-order chi connectivity index (χ0) is 22.5. The molecule has 1 aromatic heterocycles. The molecule has 5 rings (SSSR count). The molecule has 0 radical (unpaired) electrons. The first-order chi connectivity index (χ1) is 15.4. The van der Waals surface area contributed by atoms with Crippen LogP contribution in [0, 0.1) is 0 Å². The van der Waals surface area contributed by atoms with Crippen LogP contribution < -0.4 is 15.8 Å². The van der Waals surface area contributed by atoms with Gasteiger partial charge in [-0.15, -0.1) is 0 Å². The van der Waals surface area contributed by atoms with Crippen LogP contribution in [0.1, 0.15) is 60.0 Å². The van der Waals surface area contributed by atoms with E-state index in [1.165, 1.54) is 21.8 Å². The van der Waals surface area contributed by atoms with Crippen molar-refractivity contribution in [3.63, 3.8) is 0 Å². The Kier molecular flexibility index (Phi) is 5.16. The molecule has 1 aromatic carbocycles. The lowest BCUT2D eigenvalue weighted by atomic mass is 9.74. The lowest BCUT2D eigenvalue weighted by Crippen LogP contribution is -2.44. The summed E-state index contributed by atoms with van der Waals surface area (Å²) in [4.78, 5) is 39.4. The molecule has 32 heavy (non-hydrogen) atoms. The first-order valence-corrected chi connectivity index (χ1v) is 11.5. The van der Waals surface area contributed by atoms with Crippen LogP contribution in [0.2, 0.25) is 0 Å². The molecule has 7 heteroatoms. The monoisotopic (exact) mass is 435 g/mol. The molecule has 2 aromatic rings. The second-order valence-corrected chi connectivity index (χ2v) is 9.17. The Balaban J connectivity index is 1.24. The normalized spacial score (nSPS) is 22.6. The summed E-state index contributed by atoms with van der Waals surface area (Å²) in [5.74, 6) is 0.393. The van der Waals surface area contributed by atoms with E-state index in [2.05, 4.69) is 23.5 Å². The highest BCUT2D eigenvalue weighted by molar-refractivity contribution is 6.10. The maximum absolute atomic E-state index is 12.8. The number of hydrogen-bond acceptors (Lipinski definition) is 4. The molecule has 3 aliphatic rings. The van der Waals surface area contributed by atoms with E-state index in [1.54, 1.807) is 12.3 Å². The highest BCUT2D eigenvalue weighted by Crippen LogP contribution is 2.59. The maximum Gasteiger partial charge on any atom is 0.252 e. The van der Waals surface area contributed by atoms with Gasteiger partial charge in [0.05, 0.1) is 23.3 Å². The van der Waals surface area contributed by atoms with Gasteiger partial charge in [-0.25, -0.2) is 0 Å². The average molecular weight is 436 g/mol. The number of carbonyl (C=O) groups is 2. The lowest BCUT2D eigenvalue weighted by Gasteiger charge is -2.37. The number of rotatable bonds is 7. The van der Waals surface area contributed by atoms with Gasteiger partial charge in [-0.3, -0.25) is 14.4 Å².